The second-order valence-corrected chi connectivity index (χ2v) is 5.49. The summed E-state index contributed by atoms with van der Waals surface area (Å²) in [6, 6.07) is 8.04. The number of nitrogens with one attached hydrogen (secondary N) is 3. The van der Waals surface area contributed by atoms with Crippen LogP contribution in [0.15, 0.2) is 24.3 Å². The van der Waals surface area contributed by atoms with E-state index in [4.69, 9.17) is 5.73 Å². The minimum Gasteiger partial charge on any atom is -0.369 e. The second kappa shape index (κ2) is 8.83. The molecule has 0 saturated carbocycles. The van der Waals surface area contributed by atoms with Crippen LogP contribution in [0.5, 0.6) is 0 Å². The zero-order valence-corrected chi connectivity index (χ0v) is 14.1. The summed E-state index contributed by atoms with van der Waals surface area (Å²) in [6.45, 7) is 6.94. The highest BCUT2D eigenvalue weighted by Crippen LogP contribution is 2.25. The number of amides is 1. The molecule has 0 fully saturated rings. The monoisotopic (exact) mass is 328 g/mol. The standard InChI is InChI=1S/C17H24N6O/c1-12-4-3-5-14(13(12)2)15-10-16(23-17(18)22-15)21-9-8-19-6-7-20-11-24/h3-5,10-11,19H,6-9H2,1-2H3,(H,20,24)(H3,18,21,22,23). The van der Waals surface area contributed by atoms with E-state index in [0.717, 1.165) is 24.3 Å². The highest BCUT2D eigenvalue weighted by Gasteiger charge is 2.08. The normalized spacial score (nSPS) is 10.4. The number of nitrogens with zero attached hydrogens (tertiary/aromatic N) is 2. The van der Waals surface area contributed by atoms with E-state index >= 15 is 0 Å². The molecule has 5 N–H and O–H groups in total. The van der Waals surface area contributed by atoms with Gasteiger partial charge in [0, 0.05) is 37.8 Å². The van der Waals surface area contributed by atoms with E-state index in [9.17, 15) is 4.79 Å². The molecule has 1 heterocycles. The predicted octanol–water partition coefficient (Wildman–Crippen LogP) is 1.09. The maximum atomic E-state index is 10.1. The number of rotatable bonds is 9. The van der Waals surface area contributed by atoms with Gasteiger partial charge in [-0.05, 0) is 25.0 Å². The molecule has 0 aliphatic carbocycles. The van der Waals surface area contributed by atoms with E-state index in [0.29, 0.717) is 25.3 Å². The number of aromatic nitrogens is 2. The van der Waals surface area contributed by atoms with Crippen LogP contribution in [0.3, 0.4) is 0 Å². The zero-order valence-electron chi connectivity index (χ0n) is 14.1. The molecule has 2 rings (SSSR count). The van der Waals surface area contributed by atoms with Gasteiger partial charge in [-0.25, -0.2) is 4.98 Å². The Morgan fingerprint density at radius 1 is 1.12 bits per heavy atom. The Kier molecular flexibility index (Phi) is 6.51. The molecular weight excluding hydrogens is 304 g/mol. The highest BCUT2D eigenvalue weighted by atomic mass is 16.1. The number of carbonyl (C=O) groups is 1. The third-order valence-corrected chi connectivity index (χ3v) is 3.76. The predicted molar refractivity (Wildman–Crippen MR) is 96.8 cm³/mol. The number of nitrogens with two attached hydrogens (primary N) is 1. The van der Waals surface area contributed by atoms with Gasteiger partial charge >= 0.3 is 0 Å². The van der Waals surface area contributed by atoms with E-state index < -0.39 is 0 Å². The summed E-state index contributed by atoms with van der Waals surface area (Å²) in [6.07, 6.45) is 0.693. The zero-order chi connectivity index (χ0) is 17.4. The molecule has 2 aromatic rings. The number of hydrogen-bond donors (Lipinski definition) is 4. The fourth-order valence-electron chi connectivity index (χ4n) is 2.35. The molecule has 0 aliphatic rings. The average molecular weight is 328 g/mol. The molecule has 0 unspecified atom stereocenters. The van der Waals surface area contributed by atoms with Crippen molar-refractivity contribution in [1.82, 2.24) is 20.6 Å². The Morgan fingerprint density at radius 3 is 2.71 bits per heavy atom. The van der Waals surface area contributed by atoms with Crippen LogP contribution < -0.4 is 21.7 Å². The first-order valence-corrected chi connectivity index (χ1v) is 7.94. The van der Waals surface area contributed by atoms with E-state index in [-0.39, 0.29) is 5.95 Å². The quantitative estimate of drug-likeness (QED) is 0.406. The van der Waals surface area contributed by atoms with Gasteiger partial charge in [0.2, 0.25) is 12.4 Å². The third-order valence-electron chi connectivity index (χ3n) is 3.76. The molecular formula is C17H24N6O. The van der Waals surface area contributed by atoms with Crippen molar-refractivity contribution in [2.24, 2.45) is 0 Å². The summed E-state index contributed by atoms with van der Waals surface area (Å²) >= 11 is 0. The lowest BCUT2D eigenvalue weighted by Crippen LogP contribution is -2.30. The van der Waals surface area contributed by atoms with Gasteiger partial charge in [0.25, 0.3) is 0 Å². The number of anilines is 2. The number of benzene rings is 1. The van der Waals surface area contributed by atoms with Gasteiger partial charge in [-0.2, -0.15) is 4.98 Å². The molecule has 1 amide bonds. The second-order valence-electron chi connectivity index (χ2n) is 5.49. The van der Waals surface area contributed by atoms with Crippen molar-refractivity contribution in [2.45, 2.75) is 13.8 Å². The Balaban J connectivity index is 1.99. The van der Waals surface area contributed by atoms with E-state index in [1.54, 1.807) is 0 Å². The lowest BCUT2D eigenvalue weighted by atomic mass is 10.0. The lowest BCUT2D eigenvalue weighted by Gasteiger charge is -2.11. The van der Waals surface area contributed by atoms with Crippen LogP contribution in [0.4, 0.5) is 11.8 Å². The van der Waals surface area contributed by atoms with Crippen LogP contribution in [-0.2, 0) is 4.79 Å². The Hall–Kier alpha value is -2.67. The summed E-state index contributed by atoms with van der Waals surface area (Å²) in [4.78, 5) is 18.7. The van der Waals surface area contributed by atoms with Crippen molar-refractivity contribution < 1.29 is 4.79 Å². The van der Waals surface area contributed by atoms with Crippen LogP contribution in [0.1, 0.15) is 11.1 Å². The Bertz CT molecular complexity index is 689. The van der Waals surface area contributed by atoms with Gasteiger partial charge < -0.3 is 21.7 Å². The van der Waals surface area contributed by atoms with Crippen LogP contribution in [0, 0.1) is 13.8 Å². The molecule has 1 aromatic carbocycles. The number of carbonyl (C=O) groups excluding carboxylic acids is 1. The molecule has 0 aliphatic heterocycles. The number of nitrogen functional groups attached to an aromatic ring is 1. The van der Waals surface area contributed by atoms with Crippen LogP contribution in [0.2, 0.25) is 0 Å². The molecule has 1 aromatic heterocycles. The Labute approximate surface area is 142 Å². The molecule has 7 heteroatoms. The summed E-state index contributed by atoms with van der Waals surface area (Å²) in [5.74, 6) is 0.949. The molecule has 0 atom stereocenters. The topological polar surface area (TPSA) is 105 Å². The third kappa shape index (κ3) is 4.92. The van der Waals surface area contributed by atoms with E-state index in [1.165, 1.54) is 11.1 Å². The SMILES string of the molecule is Cc1cccc(-c2cc(NCCNCCNC=O)nc(N)n2)c1C. The first-order chi connectivity index (χ1) is 11.6. The van der Waals surface area contributed by atoms with Gasteiger partial charge in [-0.3, -0.25) is 4.79 Å². The molecule has 7 nitrogen and oxygen atoms in total. The highest BCUT2D eigenvalue weighted by molar-refractivity contribution is 5.68. The van der Waals surface area contributed by atoms with Crippen molar-refractivity contribution in [3.63, 3.8) is 0 Å². The summed E-state index contributed by atoms with van der Waals surface area (Å²) in [5, 5.41) is 9.05. The molecule has 128 valence electrons. The van der Waals surface area contributed by atoms with E-state index in [1.807, 2.05) is 18.2 Å². The summed E-state index contributed by atoms with van der Waals surface area (Å²) in [7, 11) is 0. The molecule has 0 spiro atoms. The van der Waals surface area contributed by atoms with Crippen LogP contribution >= 0.6 is 0 Å². The van der Waals surface area contributed by atoms with Crippen molar-refractivity contribution in [3.8, 4) is 11.3 Å². The summed E-state index contributed by atoms with van der Waals surface area (Å²) < 4.78 is 0. The van der Waals surface area contributed by atoms with Crippen molar-refractivity contribution in [1.29, 1.82) is 0 Å². The maximum absolute atomic E-state index is 10.1. The van der Waals surface area contributed by atoms with Crippen LogP contribution in [0.25, 0.3) is 11.3 Å². The fourth-order valence-corrected chi connectivity index (χ4v) is 2.35. The number of aryl methyl sites for hydroxylation is 1. The van der Waals surface area contributed by atoms with Gasteiger partial charge in [-0.15, -0.1) is 0 Å². The van der Waals surface area contributed by atoms with Gasteiger partial charge in [0.15, 0.2) is 0 Å². The first-order valence-electron chi connectivity index (χ1n) is 7.94. The number of hydrogen-bond acceptors (Lipinski definition) is 6. The van der Waals surface area contributed by atoms with Gasteiger partial charge in [0.05, 0.1) is 5.69 Å². The van der Waals surface area contributed by atoms with Crippen molar-refractivity contribution in [2.75, 3.05) is 37.2 Å². The molecule has 0 saturated heterocycles. The molecule has 0 radical (unpaired) electrons. The minimum atomic E-state index is 0.249. The first kappa shape index (κ1) is 17.7. The van der Waals surface area contributed by atoms with Gasteiger partial charge in [-0.1, -0.05) is 18.2 Å². The van der Waals surface area contributed by atoms with Crippen LogP contribution in [-0.4, -0.2) is 42.6 Å². The average Bonchev–Trinajstić information content (AvgIpc) is 2.56. The largest absolute Gasteiger partial charge is 0.369 e. The van der Waals surface area contributed by atoms with Crippen molar-refractivity contribution in [3.05, 3.63) is 35.4 Å². The smallest absolute Gasteiger partial charge is 0.222 e. The lowest BCUT2D eigenvalue weighted by molar-refractivity contribution is -0.109. The van der Waals surface area contributed by atoms with E-state index in [2.05, 4.69) is 45.8 Å². The fraction of sp³-hybridized carbons (Fsp3) is 0.353. The maximum Gasteiger partial charge on any atom is 0.222 e. The van der Waals surface area contributed by atoms with Gasteiger partial charge in [0.1, 0.15) is 5.82 Å². The Morgan fingerprint density at radius 2 is 1.92 bits per heavy atom. The molecule has 0 bridgehead atoms. The molecule has 24 heavy (non-hydrogen) atoms. The van der Waals surface area contributed by atoms with Crippen molar-refractivity contribution >= 4 is 18.2 Å². The minimum absolute atomic E-state index is 0.249. The summed E-state index contributed by atoms with van der Waals surface area (Å²) in [5.41, 5.74) is 10.1.